The molecule has 1 amide bonds. The predicted molar refractivity (Wildman–Crippen MR) is 69.3 cm³/mol. The lowest BCUT2D eigenvalue weighted by Gasteiger charge is -2.08. The van der Waals surface area contributed by atoms with E-state index in [-0.39, 0.29) is 6.04 Å². The first-order valence-corrected chi connectivity index (χ1v) is 6.47. The highest BCUT2D eigenvalue weighted by atomic mass is 32.1. The van der Waals surface area contributed by atoms with E-state index in [2.05, 4.69) is 10.3 Å². The van der Waals surface area contributed by atoms with Crippen LogP contribution in [0.2, 0.25) is 0 Å². The van der Waals surface area contributed by atoms with Crippen molar-refractivity contribution < 1.29 is 9.21 Å². The van der Waals surface area contributed by atoms with Gasteiger partial charge in [0.1, 0.15) is 5.76 Å². The summed E-state index contributed by atoms with van der Waals surface area (Å²) in [6, 6.07) is 1.82. The molecule has 5 nitrogen and oxygen atoms in total. The molecule has 0 fully saturated rings. The van der Waals surface area contributed by atoms with E-state index < -0.39 is 5.91 Å². The second-order valence-corrected chi connectivity index (χ2v) is 5.07. The lowest BCUT2D eigenvalue weighted by molar-refractivity contribution is 0.100. The second-order valence-electron chi connectivity index (χ2n) is 4.08. The van der Waals surface area contributed by atoms with Gasteiger partial charge in [-0.2, -0.15) is 0 Å². The maximum atomic E-state index is 11.0. The van der Waals surface area contributed by atoms with Gasteiger partial charge in [-0.05, 0) is 19.9 Å². The van der Waals surface area contributed by atoms with Crippen LogP contribution in [0.1, 0.15) is 39.9 Å². The lowest BCUT2D eigenvalue weighted by atomic mass is 10.3. The summed E-state index contributed by atoms with van der Waals surface area (Å²) < 4.78 is 5.43. The van der Waals surface area contributed by atoms with Crippen LogP contribution >= 0.6 is 11.3 Å². The summed E-state index contributed by atoms with van der Waals surface area (Å²) in [5, 5.41) is 5.05. The molecule has 6 heteroatoms. The number of nitrogens with one attached hydrogen (secondary N) is 1. The number of carbonyl (C=O) groups excluding carboxylic acids is 1. The molecule has 2 rings (SSSR count). The van der Waals surface area contributed by atoms with Crippen LogP contribution in [0.3, 0.4) is 0 Å². The molecule has 2 aromatic rings. The number of hydrogen-bond acceptors (Lipinski definition) is 5. The van der Waals surface area contributed by atoms with Crippen molar-refractivity contribution in [3.05, 3.63) is 39.7 Å². The van der Waals surface area contributed by atoms with Gasteiger partial charge in [0.2, 0.25) is 11.8 Å². The summed E-state index contributed by atoms with van der Waals surface area (Å²) in [7, 11) is 0. The number of hydrogen-bond donors (Lipinski definition) is 2. The number of primary amides is 1. The van der Waals surface area contributed by atoms with Gasteiger partial charge in [0.25, 0.3) is 0 Å². The molecule has 0 saturated heterocycles. The number of carbonyl (C=O) groups is 1. The molecule has 0 saturated carbocycles. The van der Waals surface area contributed by atoms with Crippen LogP contribution in [-0.4, -0.2) is 10.9 Å². The van der Waals surface area contributed by atoms with Crippen LogP contribution < -0.4 is 11.1 Å². The Balaban J connectivity index is 1.92. The van der Waals surface area contributed by atoms with Gasteiger partial charge in [-0.15, -0.1) is 11.3 Å². The number of amides is 1. The fraction of sp³-hybridized carbons (Fsp3) is 0.333. The number of nitrogens with zero attached hydrogens (tertiary/aromatic N) is 1. The molecule has 0 aliphatic heterocycles. The van der Waals surface area contributed by atoms with Crippen LogP contribution in [0.15, 0.2) is 22.1 Å². The molecule has 2 aromatic heterocycles. The van der Waals surface area contributed by atoms with Crippen molar-refractivity contribution in [2.75, 3.05) is 0 Å². The Hall–Kier alpha value is -1.66. The highest BCUT2D eigenvalue weighted by molar-refractivity contribution is 7.10. The van der Waals surface area contributed by atoms with Crippen LogP contribution in [0.25, 0.3) is 0 Å². The van der Waals surface area contributed by atoms with E-state index in [1.165, 1.54) is 11.3 Å². The third kappa shape index (κ3) is 2.96. The zero-order chi connectivity index (χ0) is 13.1. The van der Waals surface area contributed by atoms with Crippen molar-refractivity contribution >= 4 is 17.2 Å². The van der Waals surface area contributed by atoms with Gasteiger partial charge in [0.15, 0.2) is 0 Å². The Morgan fingerprint density at radius 1 is 1.67 bits per heavy atom. The summed E-state index contributed by atoms with van der Waals surface area (Å²) in [4.78, 5) is 16.2. The number of oxazole rings is 1. The van der Waals surface area contributed by atoms with Crippen molar-refractivity contribution in [3.8, 4) is 0 Å². The first kappa shape index (κ1) is 12.8. The molecule has 0 aliphatic carbocycles. The van der Waals surface area contributed by atoms with E-state index in [1.807, 2.05) is 13.8 Å². The van der Waals surface area contributed by atoms with Crippen molar-refractivity contribution in [3.63, 3.8) is 0 Å². The van der Waals surface area contributed by atoms with Gasteiger partial charge < -0.3 is 15.5 Å². The minimum Gasteiger partial charge on any atom is -0.444 e. The van der Waals surface area contributed by atoms with Gasteiger partial charge >= 0.3 is 0 Å². The van der Waals surface area contributed by atoms with Crippen molar-refractivity contribution in [1.29, 1.82) is 0 Å². The zero-order valence-corrected chi connectivity index (χ0v) is 11.1. The minimum absolute atomic E-state index is 0.0258. The summed E-state index contributed by atoms with van der Waals surface area (Å²) in [6.07, 6.45) is 1.70. The SMILES string of the molecule is Cc1cnc(C(C)NCc2cc(C(N)=O)cs2)o1. The van der Waals surface area contributed by atoms with E-state index >= 15 is 0 Å². The first-order valence-electron chi connectivity index (χ1n) is 5.59. The normalized spacial score (nSPS) is 12.6. The zero-order valence-electron chi connectivity index (χ0n) is 10.3. The van der Waals surface area contributed by atoms with Gasteiger partial charge in [0.05, 0.1) is 17.8 Å². The fourth-order valence-electron chi connectivity index (χ4n) is 1.52. The Bertz CT molecular complexity index is 547. The van der Waals surface area contributed by atoms with Crippen LogP contribution in [0.4, 0.5) is 0 Å². The molecule has 1 atom stereocenters. The third-order valence-electron chi connectivity index (χ3n) is 2.53. The minimum atomic E-state index is -0.395. The van der Waals surface area contributed by atoms with Crippen LogP contribution in [0.5, 0.6) is 0 Å². The highest BCUT2D eigenvalue weighted by Crippen LogP contribution is 2.17. The van der Waals surface area contributed by atoms with Gasteiger partial charge in [-0.3, -0.25) is 4.79 Å². The molecule has 0 aromatic carbocycles. The topological polar surface area (TPSA) is 81.1 Å². The van der Waals surface area contributed by atoms with Crippen molar-refractivity contribution in [1.82, 2.24) is 10.3 Å². The Kier molecular flexibility index (Phi) is 3.78. The molecule has 0 aliphatic rings. The number of thiophene rings is 1. The molecular weight excluding hydrogens is 250 g/mol. The first-order chi connectivity index (χ1) is 8.56. The summed E-state index contributed by atoms with van der Waals surface area (Å²) in [6.45, 7) is 4.50. The predicted octanol–water partition coefficient (Wildman–Crippen LogP) is 1.99. The molecule has 1 unspecified atom stereocenters. The molecule has 0 bridgehead atoms. The number of aromatic nitrogens is 1. The smallest absolute Gasteiger partial charge is 0.249 e. The second kappa shape index (κ2) is 5.32. The standard InChI is InChI=1S/C12H15N3O2S/c1-7-4-15-12(17-7)8(2)14-5-10-3-9(6-18-10)11(13)16/h3-4,6,8,14H,5H2,1-2H3,(H2,13,16). The molecule has 96 valence electrons. The maximum Gasteiger partial charge on any atom is 0.249 e. The number of rotatable bonds is 5. The Morgan fingerprint density at radius 2 is 2.44 bits per heavy atom. The van der Waals surface area contributed by atoms with Crippen molar-refractivity contribution in [2.24, 2.45) is 5.73 Å². The Labute approximate surface area is 109 Å². The van der Waals surface area contributed by atoms with Gasteiger partial charge in [-0.1, -0.05) is 0 Å². The third-order valence-corrected chi connectivity index (χ3v) is 3.47. The number of nitrogens with two attached hydrogens (primary N) is 1. The van der Waals surface area contributed by atoms with E-state index in [4.69, 9.17) is 10.2 Å². The van der Waals surface area contributed by atoms with Gasteiger partial charge in [-0.25, -0.2) is 4.98 Å². The molecule has 18 heavy (non-hydrogen) atoms. The fourth-order valence-corrected chi connectivity index (χ4v) is 2.34. The highest BCUT2D eigenvalue weighted by Gasteiger charge is 2.11. The van der Waals surface area contributed by atoms with E-state index in [0.29, 0.717) is 18.0 Å². The van der Waals surface area contributed by atoms with Crippen LogP contribution in [-0.2, 0) is 6.54 Å². The van der Waals surface area contributed by atoms with E-state index in [0.717, 1.165) is 10.6 Å². The van der Waals surface area contributed by atoms with Crippen molar-refractivity contribution in [2.45, 2.75) is 26.4 Å². The monoisotopic (exact) mass is 265 g/mol. The van der Waals surface area contributed by atoms with Gasteiger partial charge in [0, 0.05) is 16.8 Å². The lowest BCUT2D eigenvalue weighted by Crippen LogP contribution is -2.17. The maximum absolute atomic E-state index is 11.0. The summed E-state index contributed by atoms with van der Waals surface area (Å²) >= 11 is 1.51. The molecule has 0 radical (unpaired) electrons. The Morgan fingerprint density at radius 3 is 3.00 bits per heavy atom. The number of aryl methyl sites for hydroxylation is 1. The largest absolute Gasteiger partial charge is 0.444 e. The molecular formula is C12H15N3O2S. The molecule has 0 spiro atoms. The molecule has 3 N–H and O–H groups in total. The van der Waals surface area contributed by atoms with Crippen LogP contribution in [0, 0.1) is 6.92 Å². The quantitative estimate of drug-likeness (QED) is 0.866. The molecule has 2 heterocycles. The average molecular weight is 265 g/mol. The average Bonchev–Trinajstić information content (AvgIpc) is 2.94. The van der Waals surface area contributed by atoms with E-state index in [1.54, 1.807) is 17.6 Å². The summed E-state index contributed by atoms with van der Waals surface area (Å²) in [5.74, 6) is 1.07. The van der Waals surface area contributed by atoms with E-state index in [9.17, 15) is 4.79 Å². The summed E-state index contributed by atoms with van der Waals surface area (Å²) in [5.41, 5.74) is 5.75.